The van der Waals surface area contributed by atoms with Gasteiger partial charge in [0.1, 0.15) is 0 Å². The van der Waals surface area contributed by atoms with Crippen LogP contribution in [0.2, 0.25) is 0 Å². The van der Waals surface area contributed by atoms with Gasteiger partial charge in [-0.2, -0.15) is 13.2 Å². The predicted molar refractivity (Wildman–Crippen MR) is 68.0 cm³/mol. The lowest BCUT2D eigenvalue weighted by molar-refractivity contribution is -0.138. The highest BCUT2D eigenvalue weighted by Crippen LogP contribution is 2.28. The van der Waals surface area contributed by atoms with Gasteiger partial charge >= 0.3 is 12.3 Å². The highest BCUT2D eigenvalue weighted by Gasteiger charge is 2.35. The fourth-order valence-corrected chi connectivity index (χ4v) is 2.49. The lowest BCUT2D eigenvalue weighted by Crippen LogP contribution is -2.58. The Bertz CT molecular complexity index is 508. The van der Waals surface area contributed by atoms with E-state index in [1.165, 1.54) is 4.90 Å². The van der Waals surface area contributed by atoms with E-state index in [1.807, 2.05) is 0 Å². The van der Waals surface area contributed by atoms with Crippen LogP contribution in [0.15, 0.2) is 12.4 Å². The van der Waals surface area contributed by atoms with Crippen LogP contribution in [0.1, 0.15) is 19.4 Å². The topological polar surface area (TPSA) is 69.6 Å². The van der Waals surface area contributed by atoms with Crippen molar-refractivity contribution in [2.75, 3.05) is 18.0 Å². The van der Waals surface area contributed by atoms with E-state index >= 15 is 0 Å². The van der Waals surface area contributed by atoms with E-state index < -0.39 is 17.8 Å². The van der Waals surface area contributed by atoms with E-state index in [0.717, 1.165) is 12.4 Å². The van der Waals surface area contributed by atoms with Crippen LogP contribution < -0.4 is 4.90 Å². The summed E-state index contributed by atoms with van der Waals surface area (Å²) in [6.45, 7) is 4.14. The third-order valence-electron chi connectivity index (χ3n) is 3.39. The van der Waals surface area contributed by atoms with Crippen LogP contribution in [0.3, 0.4) is 0 Å². The van der Waals surface area contributed by atoms with Gasteiger partial charge in [-0.25, -0.2) is 14.8 Å². The number of anilines is 1. The van der Waals surface area contributed by atoms with E-state index in [1.54, 1.807) is 18.7 Å². The average molecular weight is 304 g/mol. The second-order valence-electron chi connectivity index (χ2n) is 5.06. The van der Waals surface area contributed by atoms with Crippen molar-refractivity contribution in [1.29, 1.82) is 0 Å². The third-order valence-corrected chi connectivity index (χ3v) is 3.39. The molecule has 2 rings (SSSR count). The lowest BCUT2D eigenvalue weighted by Gasteiger charge is -2.42. The molecule has 1 N–H and O–H groups in total. The summed E-state index contributed by atoms with van der Waals surface area (Å²) >= 11 is 0. The molecule has 6 nitrogen and oxygen atoms in total. The Hall–Kier alpha value is -2.06. The van der Waals surface area contributed by atoms with Crippen molar-refractivity contribution in [3.05, 3.63) is 18.0 Å². The molecule has 0 spiro atoms. The Labute approximate surface area is 119 Å². The number of amides is 1. The molecule has 1 fully saturated rings. The van der Waals surface area contributed by atoms with E-state index in [4.69, 9.17) is 5.11 Å². The van der Waals surface area contributed by atoms with Crippen LogP contribution in [-0.2, 0) is 6.18 Å². The molecule has 21 heavy (non-hydrogen) atoms. The second kappa shape index (κ2) is 5.38. The highest BCUT2D eigenvalue weighted by molar-refractivity contribution is 5.66. The van der Waals surface area contributed by atoms with E-state index in [2.05, 4.69) is 9.97 Å². The van der Waals surface area contributed by atoms with Crippen LogP contribution in [0.25, 0.3) is 0 Å². The van der Waals surface area contributed by atoms with E-state index in [-0.39, 0.29) is 18.0 Å². The monoisotopic (exact) mass is 304 g/mol. The normalized spacial score (nSPS) is 23.3. The molecule has 1 aliphatic heterocycles. The van der Waals surface area contributed by atoms with Crippen LogP contribution in [-0.4, -0.2) is 51.2 Å². The molecule has 2 heterocycles. The van der Waals surface area contributed by atoms with E-state index in [0.29, 0.717) is 13.1 Å². The van der Waals surface area contributed by atoms with Crippen LogP contribution >= 0.6 is 0 Å². The smallest absolute Gasteiger partial charge is 0.419 e. The third kappa shape index (κ3) is 3.17. The largest absolute Gasteiger partial charge is 0.465 e. The molecule has 0 unspecified atom stereocenters. The summed E-state index contributed by atoms with van der Waals surface area (Å²) in [5.41, 5.74) is -0.906. The first kappa shape index (κ1) is 15.3. The number of piperazine rings is 1. The molecule has 1 amide bonds. The van der Waals surface area contributed by atoms with Crippen molar-refractivity contribution in [2.24, 2.45) is 0 Å². The summed E-state index contributed by atoms with van der Waals surface area (Å²) in [6, 6.07) is -0.589. The Morgan fingerprint density at radius 2 is 1.71 bits per heavy atom. The number of rotatable bonds is 1. The summed E-state index contributed by atoms with van der Waals surface area (Å²) in [4.78, 5) is 21.6. The number of alkyl halides is 3. The van der Waals surface area contributed by atoms with Gasteiger partial charge in [0, 0.05) is 25.5 Å². The Kier molecular flexibility index (Phi) is 3.93. The summed E-state index contributed by atoms with van der Waals surface area (Å²) < 4.78 is 37.4. The maximum absolute atomic E-state index is 12.5. The molecule has 0 saturated carbocycles. The fourth-order valence-electron chi connectivity index (χ4n) is 2.49. The number of aromatic nitrogens is 2. The first-order valence-corrected chi connectivity index (χ1v) is 6.35. The number of hydrogen-bond acceptors (Lipinski definition) is 4. The molecule has 9 heteroatoms. The first-order valence-electron chi connectivity index (χ1n) is 6.35. The summed E-state index contributed by atoms with van der Waals surface area (Å²) in [5.74, 6) is 0.173. The number of halogens is 3. The van der Waals surface area contributed by atoms with E-state index in [9.17, 15) is 18.0 Å². The number of carboxylic acid groups (broad SMARTS) is 1. The minimum absolute atomic E-state index is 0.173. The second-order valence-corrected chi connectivity index (χ2v) is 5.06. The molecule has 0 aromatic carbocycles. The molecular formula is C12H15F3N4O2. The van der Waals surface area contributed by atoms with Crippen molar-refractivity contribution in [3.63, 3.8) is 0 Å². The van der Waals surface area contributed by atoms with Gasteiger partial charge in [0.2, 0.25) is 5.95 Å². The molecule has 1 aromatic heterocycles. The van der Waals surface area contributed by atoms with Gasteiger partial charge in [-0.1, -0.05) is 0 Å². The Balaban J connectivity index is 2.15. The number of carbonyl (C=O) groups is 1. The van der Waals surface area contributed by atoms with Crippen LogP contribution in [0.5, 0.6) is 0 Å². The highest BCUT2D eigenvalue weighted by atomic mass is 19.4. The van der Waals surface area contributed by atoms with Crippen molar-refractivity contribution in [1.82, 2.24) is 14.9 Å². The maximum atomic E-state index is 12.5. The van der Waals surface area contributed by atoms with Gasteiger partial charge in [-0.3, -0.25) is 4.90 Å². The van der Waals surface area contributed by atoms with Crippen molar-refractivity contribution in [2.45, 2.75) is 32.1 Å². The maximum Gasteiger partial charge on any atom is 0.419 e. The quantitative estimate of drug-likeness (QED) is 0.860. The number of hydrogen-bond donors (Lipinski definition) is 1. The molecule has 0 radical (unpaired) electrons. The summed E-state index contributed by atoms with van der Waals surface area (Å²) in [7, 11) is 0. The molecular weight excluding hydrogens is 289 g/mol. The molecule has 116 valence electrons. The molecule has 1 aliphatic rings. The standard InChI is InChI=1S/C12H15F3N4O2/c1-7-5-18(6-8(2)19(7)11(20)21)10-16-3-9(4-17-10)12(13,14)15/h3-4,7-8H,5-6H2,1-2H3,(H,20,21)/t7-,8+. The van der Waals surface area contributed by atoms with Crippen molar-refractivity contribution < 1.29 is 23.1 Å². The zero-order valence-electron chi connectivity index (χ0n) is 11.5. The minimum atomic E-state index is -4.47. The van der Waals surface area contributed by atoms with Gasteiger partial charge in [0.05, 0.1) is 17.6 Å². The lowest BCUT2D eigenvalue weighted by atomic mass is 10.1. The molecule has 1 aromatic rings. The zero-order chi connectivity index (χ0) is 15.8. The Morgan fingerprint density at radius 1 is 1.24 bits per heavy atom. The fraction of sp³-hybridized carbons (Fsp3) is 0.583. The summed E-state index contributed by atoms with van der Waals surface area (Å²) in [6.07, 6.45) is -4.01. The predicted octanol–water partition coefficient (Wildman–Crippen LogP) is 2.07. The van der Waals surface area contributed by atoms with Crippen molar-refractivity contribution >= 4 is 12.0 Å². The molecule has 1 saturated heterocycles. The van der Waals surface area contributed by atoms with Gasteiger partial charge in [0.25, 0.3) is 0 Å². The van der Waals surface area contributed by atoms with Gasteiger partial charge in [-0.05, 0) is 13.8 Å². The minimum Gasteiger partial charge on any atom is -0.465 e. The molecule has 2 atom stereocenters. The SMILES string of the molecule is C[C@@H]1CN(c2ncc(C(F)(F)F)cn2)C[C@H](C)N1C(=O)O. The summed E-state index contributed by atoms with van der Waals surface area (Å²) in [5, 5.41) is 9.11. The van der Waals surface area contributed by atoms with Gasteiger partial charge < -0.3 is 10.0 Å². The first-order chi connectivity index (χ1) is 9.70. The van der Waals surface area contributed by atoms with Gasteiger partial charge in [0.15, 0.2) is 0 Å². The van der Waals surface area contributed by atoms with Crippen LogP contribution in [0, 0.1) is 0 Å². The zero-order valence-corrected chi connectivity index (χ0v) is 11.5. The number of nitrogens with zero attached hydrogens (tertiary/aromatic N) is 4. The molecule has 0 bridgehead atoms. The van der Waals surface area contributed by atoms with Crippen LogP contribution in [0.4, 0.5) is 23.9 Å². The van der Waals surface area contributed by atoms with Crippen molar-refractivity contribution in [3.8, 4) is 0 Å². The molecule has 0 aliphatic carbocycles. The van der Waals surface area contributed by atoms with Gasteiger partial charge in [-0.15, -0.1) is 0 Å². The average Bonchev–Trinajstić information content (AvgIpc) is 2.36. The Morgan fingerprint density at radius 3 is 2.10 bits per heavy atom.